The van der Waals surface area contributed by atoms with E-state index in [2.05, 4.69) is 6.92 Å². The Kier molecular flexibility index (Phi) is 20.9. The fourth-order valence-corrected chi connectivity index (χ4v) is 6.05. The van der Waals surface area contributed by atoms with E-state index in [1.54, 1.807) is 18.2 Å². The maximum atomic E-state index is 12.3. The van der Waals surface area contributed by atoms with Gasteiger partial charge in [0.25, 0.3) is 20.2 Å². The molecule has 0 saturated carbocycles. The smallest absolute Gasteiger partial charge is 0.298 e. The Labute approximate surface area is 280 Å². The minimum atomic E-state index is -4.84. The quantitative estimate of drug-likeness (QED) is 0.0992. The fraction of sp³-hybridized carbons (Fsp3) is 0.571. The summed E-state index contributed by atoms with van der Waals surface area (Å²) in [6.45, 7) is 2.23. The first-order valence-electron chi connectivity index (χ1n) is 13.5. The van der Waals surface area contributed by atoms with Crippen LogP contribution in [0.3, 0.4) is 0 Å². The first-order chi connectivity index (χ1) is 17.6. The Morgan fingerprint density at radius 3 is 1.51 bits per heavy atom. The number of rotatable bonds is 19. The molecule has 0 fully saturated rings. The van der Waals surface area contributed by atoms with E-state index in [4.69, 9.17) is 4.74 Å². The summed E-state index contributed by atoms with van der Waals surface area (Å²) in [5, 5.41) is 0. The summed E-state index contributed by atoms with van der Waals surface area (Å²) in [4.78, 5) is -1.34. The Morgan fingerprint density at radius 1 is 0.615 bits per heavy atom. The van der Waals surface area contributed by atoms with Crippen molar-refractivity contribution in [3.8, 4) is 11.5 Å². The van der Waals surface area contributed by atoms with Gasteiger partial charge >= 0.3 is 0 Å². The summed E-state index contributed by atoms with van der Waals surface area (Å²) in [6.07, 6.45) is 17.0. The SMILES string of the molecule is CCCCCCCCCCCCCCCCc1ccc(S(=O)(=O)O)c(Oc2ccccc2)c1S(=O)(=O)O.[Na].[Na]. The number of benzene rings is 2. The second kappa shape index (κ2) is 20.9. The molecule has 0 spiro atoms. The number of aryl methyl sites for hydroxylation is 1. The molecular formula is C28H42Na2O7S2. The van der Waals surface area contributed by atoms with Crippen LogP contribution >= 0.6 is 0 Å². The maximum Gasteiger partial charge on any atom is 0.298 e. The topological polar surface area (TPSA) is 118 Å². The second-order valence-electron chi connectivity index (χ2n) is 9.59. The second-order valence-corrected chi connectivity index (χ2v) is 12.3. The van der Waals surface area contributed by atoms with Gasteiger partial charge in [0, 0.05) is 59.1 Å². The van der Waals surface area contributed by atoms with E-state index in [-0.39, 0.29) is 70.4 Å². The molecule has 2 radical (unpaired) electrons. The maximum absolute atomic E-state index is 12.3. The van der Waals surface area contributed by atoms with Crippen LogP contribution in [0.4, 0.5) is 0 Å². The first-order valence-corrected chi connectivity index (χ1v) is 16.4. The Hall–Kier alpha value is 0.0600. The molecule has 2 aromatic carbocycles. The molecule has 39 heavy (non-hydrogen) atoms. The summed E-state index contributed by atoms with van der Waals surface area (Å²) in [6, 6.07) is 10.4. The molecule has 11 heteroatoms. The summed E-state index contributed by atoms with van der Waals surface area (Å²) < 4.78 is 73.6. The summed E-state index contributed by atoms with van der Waals surface area (Å²) >= 11 is 0. The van der Waals surface area contributed by atoms with E-state index in [9.17, 15) is 25.9 Å². The minimum Gasteiger partial charge on any atom is -0.454 e. The number of unbranched alkanes of at least 4 members (excludes halogenated alkanes) is 13. The van der Waals surface area contributed by atoms with Crippen LogP contribution < -0.4 is 4.74 Å². The third-order valence-electron chi connectivity index (χ3n) is 6.46. The van der Waals surface area contributed by atoms with Crippen molar-refractivity contribution in [2.24, 2.45) is 0 Å². The number of ether oxygens (including phenoxy) is 1. The van der Waals surface area contributed by atoms with E-state index in [0.717, 1.165) is 25.3 Å². The number of hydrogen-bond acceptors (Lipinski definition) is 5. The van der Waals surface area contributed by atoms with Crippen LogP contribution in [0.15, 0.2) is 52.3 Å². The number of hydrogen-bond donors (Lipinski definition) is 2. The Balaban J connectivity index is 0.00000722. The van der Waals surface area contributed by atoms with Crippen molar-refractivity contribution in [2.45, 2.75) is 113 Å². The third-order valence-corrected chi connectivity index (χ3v) is 8.30. The molecule has 0 atom stereocenters. The molecule has 0 aliphatic heterocycles. The van der Waals surface area contributed by atoms with Gasteiger partial charge in [0.1, 0.15) is 15.5 Å². The van der Waals surface area contributed by atoms with E-state index in [1.165, 1.54) is 82.4 Å². The van der Waals surface area contributed by atoms with Gasteiger partial charge in [0.15, 0.2) is 5.75 Å². The third kappa shape index (κ3) is 15.2. The van der Waals surface area contributed by atoms with E-state index < -0.39 is 35.8 Å². The number of para-hydroxylation sites is 1. The molecule has 0 unspecified atom stereocenters. The normalized spacial score (nSPS) is 11.5. The van der Waals surface area contributed by atoms with Crippen LogP contribution in [-0.2, 0) is 26.7 Å². The van der Waals surface area contributed by atoms with Crippen LogP contribution in [0.25, 0.3) is 0 Å². The van der Waals surface area contributed by atoms with Gasteiger partial charge in [-0.15, -0.1) is 0 Å². The van der Waals surface area contributed by atoms with Crippen molar-refractivity contribution in [1.29, 1.82) is 0 Å². The zero-order valence-electron chi connectivity index (χ0n) is 23.9. The average Bonchev–Trinajstić information content (AvgIpc) is 2.83. The molecule has 0 amide bonds. The average molecular weight is 601 g/mol. The summed E-state index contributed by atoms with van der Waals surface area (Å²) in [5.41, 5.74) is 0.250. The van der Waals surface area contributed by atoms with Crippen molar-refractivity contribution >= 4 is 79.4 Å². The summed E-state index contributed by atoms with van der Waals surface area (Å²) in [7, 11) is -9.64. The molecule has 0 aliphatic rings. The molecule has 0 bridgehead atoms. The molecule has 0 aromatic heterocycles. The van der Waals surface area contributed by atoms with Gasteiger partial charge in [-0.25, -0.2) is 0 Å². The van der Waals surface area contributed by atoms with Gasteiger partial charge in [0.05, 0.1) is 0 Å². The van der Waals surface area contributed by atoms with E-state index in [0.29, 0.717) is 12.8 Å². The van der Waals surface area contributed by atoms with Crippen molar-refractivity contribution in [1.82, 2.24) is 0 Å². The predicted octanol–water partition coefficient (Wildman–Crippen LogP) is 7.23. The predicted molar refractivity (Wildman–Crippen MR) is 158 cm³/mol. The zero-order valence-corrected chi connectivity index (χ0v) is 29.5. The van der Waals surface area contributed by atoms with Crippen LogP contribution in [0.1, 0.15) is 102 Å². The van der Waals surface area contributed by atoms with Gasteiger partial charge in [-0.05, 0) is 36.6 Å². The monoisotopic (exact) mass is 600 g/mol. The largest absolute Gasteiger partial charge is 0.454 e. The van der Waals surface area contributed by atoms with Crippen molar-refractivity contribution < 1.29 is 30.7 Å². The van der Waals surface area contributed by atoms with Gasteiger partial charge < -0.3 is 4.74 Å². The van der Waals surface area contributed by atoms with E-state index >= 15 is 0 Å². The van der Waals surface area contributed by atoms with E-state index in [1.807, 2.05) is 0 Å². The van der Waals surface area contributed by atoms with Crippen molar-refractivity contribution in [2.75, 3.05) is 0 Å². The molecule has 0 aliphatic carbocycles. The van der Waals surface area contributed by atoms with Crippen LogP contribution in [0.5, 0.6) is 11.5 Å². The van der Waals surface area contributed by atoms with Gasteiger partial charge in [0.2, 0.25) is 0 Å². The minimum absolute atomic E-state index is 0. The first kappa shape index (κ1) is 39.1. The van der Waals surface area contributed by atoms with Gasteiger partial charge in [-0.3, -0.25) is 9.11 Å². The zero-order chi connectivity index (χ0) is 27.2. The van der Waals surface area contributed by atoms with Crippen LogP contribution in [0.2, 0.25) is 0 Å². The molecule has 210 valence electrons. The molecular weight excluding hydrogens is 558 g/mol. The Bertz CT molecular complexity index is 1160. The molecule has 0 saturated heterocycles. The fourth-order valence-electron chi connectivity index (χ4n) is 4.48. The van der Waals surface area contributed by atoms with Crippen molar-refractivity contribution in [3.05, 3.63) is 48.0 Å². The van der Waals surface area contributed by atoms with Crippen LogP contribution in [-0.4, -0.2) is 85.1 Å². The van der Waals surface area contributed by atoms with Gasteiger partial charge in [-0.2, -0.15) is 16.8 Å². The molecule has 2 rings (SSSR count). The molecule has 7 nitrogen and oxygen atoms in total. The molecule has 2 N–H and O–H groups in total. The molecule has 0 heterocycles. The Morgan fingerprint density at radius 2 is 1.08 bits per heavy atom. The van der Waals surface area contributed by atoms with Gasteiger partial charge in [-0.1, -0.05) is 115 Å². The summed E-state index contributed by atoms with van der Waals surface area (Å²) in [5.74, 6) is -0.426. The standard InChI is InChI=1S/C28H42O7S2.2Na/c1-2-3-4-5-6-7-8-9-10-11-12-13-14-16-19-24-22-23-26(36(29,30)31)27(28(24)37(32,33)34)35-25-20-17-15-18-21-25;;/h15,17-18,20-23H,2-14,16,19H2,1H3,(H,29,30,31)(H,32,33,34);;. The van der Waals surface area contributed by atoms with Crippen molar-refractivity contribution in [3.63, 3.8) is 0 Å². The van der Waals surface area contributed by atoms with Crippen LogP contribution in [0, 0.1) is 0 Å². The molecule has 2 aromatic rings.